The number of fused-ring (bicyclic) bond motifs is 2. The van der Waals surface area contributed by atoms with Gasteiger partial charge < -0.3 is 9.88 Å². The van der Waals surface area contributed by atoms with E-state index in [0.29, 0.717) is 22.8 Å². The maximum Gasteiger partial charge on any atom is 0.260 e. The molecule has 0 amide bonds. The van der Waals surface area contributed by atoms with Crippen LogP contribution >= 0.6 is 22.9 Å². The van der Waals surface area contributed by atoms with Gasteiger partial charge in [0.2, 0.25) is 0 Å². The van der Waals surface area contributed by atoms with E-state index in [1.54, 1.807) is 0 Å². The van der Waals surface area contributed by atoms with Crippen molar-refractivity contribution in [3.8, 4) is 11.1 Å². The van der Waals surface area contributed by atoms with E-state index in [1.807, 2.05) is 35.7 Å². The van der Waals surface area contributed by atoms with Crippen molar-refractivity contribution >= 4 is 38.8 Å². The fourth-order valence-electron chi connectivity index (χ4n) is 3.66. The van der Waals surface area contributed by atoms with Gasteiger partial charge in [-0.3, -0.25) is 4.79 Å². The summed E-state index contributed by atoms with van der Waals surface area (Å²) in [5, 5.41) is 3.32. The van der Waals surface area contributed by atoms with E-state index >= 15 is 0 Å². The number of nitrogens with one attached hydrogen (secondary N) is 1. The second-order valence-corrected chi connectivity index (χ2v) is 7.94. The highest BCUT2D eigenvalue weighted by atomic mass is 35.5. The topological polar surface area (TPSA) is 49.0 Å². The van der Waals surface area contributed by atoms with Gasteiger partial charge in [0, 0.05) is 28.2 Å². The van der Waals surface area contributed by atoms with Gasteiger partial charge in [0.15, 0.2) is 0 Å². The number of aromatic nitrogens is 2. The predicted octanol–water partition coefficient (Wildman–Crippen LogP) is 4.87. The Morgan fingerprint density at radius 2 is 1.96 bits per heavy atom. The van der Waals surface area contributed by atoms with Crippen molar-refractivity contribution in [2.75, 3.05) is 11.4 Å². The minimum absolute atomic E-state index is 0.0892. The quantitative estimate of drug-likeness (QED) is 0.540. The molecule has 1 aliphatic heterocycles. The van der Waals surface area contributed by atoms with Crippen LogP contribution < -0.4 is 10.5 Å². The molecule has 3 heterocycles. The van der Waals surface area contributed by atoms with Gasteiger partial charge >= 0.3 is 0 Å². The summed E-state index contributed by atoms with van der Waals surface area (Å²) in [4.78, 5) is 23.6. The van der Waals surface area contributed by atoms with Gasteiger partial charge in [-0.1, -0.05) is 41.9 Å². The monoisotopic (exact) mass is 393 g/mol. The largest absolute Gasteiger partial charge is 0.364 e. The average molecular weight is 394 g/mol. The van der Waals surface area contributed by atoms with Crippen molar-refractivity contribution in [2.24, 2.45) is 0 Å². The molecule has 0 aliphatic carbocycles. The lowest BCUT2D eigenvalue weighted by Crippen LogP contribution is -2.23. The predicted molar refractivity (Wildman–Crippen MR) is 112 cm³/mol. The fourth-order valence-corrected chi connectivity index (χ4v) is 4.75. The first-order valence-corrected chi connectivity index (χ1v) is 10.0. The molecule has 5 rings (SSSR count). The maximum absolute atomic E-state index is 12.8. The fraction of sp³-hybridized carbons (Fsp3) is 0.143. The molecule has 6 heteroatoms. The molecule has 2 aromatic carbocycles. The molecule has 4 nitrogen and oxygen atoms in total. The summed E-state index contributed by atoms with van der Waals surface area (Å²) in [5.41, 5.74) is 4.36. The van der Waals surface area contributed by atoms with Crippen LogP contribution in [0.4, 0.5) is 5.69 Å². The SMILES string of the molecule is O=c1[nH]c(CN2CCc3ccccc32)nc2scc(-c3ccc(Cl)cc3)c12. The van der Waals surface area contributed by atoms with Crippen molar-refractivity contribution < 1.29 is 0 Å². The third-order valence-electron chi connectivity index (χ3n) is 4.97. The molecule has 1 N–H and O–H groups in total. The highest BCUT2D eigenvalue weighted by molar-refractivity contribution is 7.17. The first-order chi connectivity index (χ1) is 13.2. The molecule has 0 bridgehead atoms. The Bertz CT molecular complexity index is 1200. The molecule has 4 aromatic rings. The number of thiophene rings is 1. The molecule has 27 heavy (non-hydrogen) atoms. The van der Waals surface area contributed by atoms with Crippen LogP contribution in [0.3, 0.4) is 0 Å². The van der Waals surface area contributed by atoms with Crippen molar-refractivity contribution in [3.05, 3.63) is 80.7 Å². The minimum atomic E-state index is -0.0892. The highest BCUT2D eigenvalue weighted by Gasteiger charge is 2.20. The summed E-state index contributed by atoms with van der Waals surface area (Å²) in [5.74, 6) is 0.703. The second-order valence-electron chi connectivity index (χ2n) is 6.65. The van der Waals surface area contributed by atoms with Crippen LogP contribution in [-0.2, 0) is 13.0 Å². The number of hydrogen-bond acceptors (Lipinski definition) is 4. The lowest BCUT2D eigenvalue weighted by atomic mass is 10.1. The highest BCUT2D eigenvalue weighted by Crippen LogP contribution is 2.32. The van der Waals surface area contributed by atoms with Gasteiger partial charge in [-0.15, -0.1) is 11.3 Å². The Morgan fingerprint density at radius 3 is 2.81 bits per heavy atom. The molecule has 134 valence electrons. The molecule has 0 fully saturated rings. The number of para-hydroxylation sites is 1. The van der Waals surface area contributed by atoms with Gasteiger partial charge in [-0.25, -0.2) is 4.98 Å². The van der Waals surface area contributed by atoms with E-state index in [-0.39, 0.29) is 5.56 Å². The lowest BCUT2D eigenvalue weighted by Gasteiger charge is -2.18. The summed E-state index contributed by atoms with van der Waals surface area (Å²) < 4.78 is 0. The van der Waals surface area contributed by atoms with Crippen LogP contribution in [0.2, 0.25) is 5.02 Å². The summed E-state index contributed by atoms with van der Waals surface area (Å²) >= 11 is 7.48. The Hall–Kier alpha value is -2.63. The third kappa shape index (κ3) is 2.93. The Kier molecular flexibility index (Phi) is 3.99. The number of rotatable bonds is 3. The normalized spacial score (nSPS) is 13.3. The number of H-pyrrole nitrogens is 1. The summed E-state index contributed by atoms with van der Waals surface area (Å²) in [6.07, 6.45) is 1.03. The van der Waals surface area contributed by atoms with Crippen molar-refractivity contribution in [2.45, 2.75) is 13.0 Å². The zero-order chi connectivity index (χ0) is 18.4. The van der Waals surface area contributed by atoms with Crippen LogP contribution in [0, 0.1) is 0 Å². The van der Waals surface area contributed by atoms with E-state index < -0.39 is 0 Å². The van der Waals surface area contributed by atoms with Gasteiger partial charge in [0.25, 0.3) is 5.56 Å². The minimum Gasteiger partial charge on any atom is -0.364 e. The summed E-state index contributed by atoms with van der Waals surface area (Å²) in [6.45, 7) is 1.55. The van der Waals surface area contributed by atoms with Gasteiger partial charge in [0.1, 0.15) is 10.7 Å². The zero-order valence-corrected chi connectivity index (χ0v) is 16.0. The molecular formula is C21H16ClN3OS. The smallest absolute Gasteiger partial charge is 0.260 e. The number of anilines is 1. The molecule has 0 atom stereocenters. The first kappa shape index (κ1) is 16.5. The number of aromatic amines is 1. The molecular weight excluding hydrogens is 378 g/mol. The Labute approximate surface area is 165 Å². The number of nitrogens with zero attached hydrogens (tertiary/aromatic N) is 2. The summed E-state index contributed by atoms with van der Waals surface area (Å²) in [6, 6.07) is 15.9. The molecule has 2 aromatic heterocycles. The van der Waals surface area contributed by atoms with Crippen LogP contribution in [-0.4, -0.2) is 16.5 Å². The Balaban J connectivity index is 1.52. The van der Waals surface area contributed by atoms with Gasteiger partial charge in [-0.05, 0) is 35.7 Å². The molecule has 0 spiro atoms. The van der Waals surface area contributed by atoms with Crippen LogP contribution in [0.25, 0.3) is 21.3 Å². The van der Waals surface area contributed by atoms with Gasteiger partial charge in [-0.2, -0.15) is 0 Å². The van der Waals surface area contributed by atoms with Crippen LogP contribution in [0.5, 0.6) is 0 Å². The van der Waals surface area contributed by atoms with E-state index in [2.05, 4.69) is 28.1 Å². The number of halogens is 1. The van der Waals surface area contributed by atoms with E-state index in [9.17, 15) is 4.79 Å². The van der Waals surface area contributed by atoms with E-state index in [1.165, 1.54) is 22.6 Å². The zero-order valence-electron chi connectivity index (χ0n) is 14.4. The molecule has 0 saturated heterocycles. The molecule has 0 radical (unpaired) electrons. The lowest BCUT2D eigenvalue weighted by molar-refractivity contribution is 0.788. The number of hydrogen-bond donors (Lipinski definition) is 1. The molecule has 0 unspecified atom stereocenters. The van der Waals surface area contributed by atoms with Crippen LogP contribution in [0.1, 0.15) is 11.4 Å². The molecule has 1 aliphatic rings. The first-order valence-electron chi connectivity index (χ1n) is 8.78. The average Bonchev–Trinajstić information content (AvgIpc) is 3.28. The van der Waals surface area contributed by atoms with E-state index in [0.717, 1.165) is 28.9 Å². The van der Waals surface area contributed by atoms with Crippen molar-refractivity contribution in [1.82, 2.24) is 9.97 Å². The van der Waals surface area contributed by atoms with Crippen LogP contribution in [0.15, 0.2) is 58.7 Å². The van der Waals surface area contributed by atoms with E-state index in [4.69, 9.17) is 16.6 Å². The second kappa shape index (κ2) is 6.51. The van der Waals surface area contributed by atoms with Crippen molar-refractivity contribution in [3.63, 3.8) is 0 Å². The Morgan fingerprint density at radius 1 is 1.15 bits per heavy atom. The standard InChI is InChI=1S/C21H16ClN3OS/c22-15-7-5-13(6-8-15)16-12-27-21-19(16)20(26)23-18(24-21)11-25-10-9-14-3-1-2-4-17(14)25/h1-8,12H,9-11H2,(H,23,24,26). The molecule has 0 saturated carbocycles. The third-order valence-corrected chi connectivity index (χ3v) is 6.10. The maximum atomic E-state index is 12.8. The number of benzene rings is 2. The van der Waals surface area contributed by atoms with Crippen molar-refractivity contribution in [1.29, 1.82) is 0 Å². The van der Waals surface area contributed by atoms with Gasteiger partial charge in [0.05, 0.1) is 11.9 Å². The summed E-state index contributed by atoms with van der Waals surface area (Å²) in [7, 11) is 0.